The van der Waals surface area contributed by atoms with Crippen LogP contribution in [-0.4, -0.2) is 33.2 Å². The topological polar surface area (TPSA) is 55.1 Å². The van der Waals surface area contributed by atoms with Crippen molar-refractivity contribution < 1.29 is 4.42 Å². The lowest BCUT2D eigenvalue weighted by Gasteiger charge is -2.30. The first-order chi connectivity index (χ1) is 10.5. The second-order valence-corrected chi connectivity index (χ2v) is 7.11. The summed E-state index contributed by atoms with van der Waals surface area (Å²) in [6, 6.07) is 4.13. The molecule has 3 heterocycles. The first kappa shape index (κ1) is 15.2. The number of aromatic nitrogens is 3. The van der Waals surface area contributed by atoms with Crippen LogP contribution in [0.25, 0.3) is 0 Å². The number of likely N-dealkylation sites (tertiary alicyclic amines) is 1. The van der Waals surface area contributed by atoms with E-state index in [-0.39, 0.29) is 5.41 Å². The molecule has 5 heteroatoms. The van der Waals surface area contributed by atoms with Crippen LogP contribution in [0, 0.1) is 0 Å². The maximum Gasteiger partial charge on any atom is 0.221 e. The van der Waals surface area contributed by atoms with Crippen LogP contribution in [0.3, 0.4) is 0 Å². The van der Waals surface area contributed by atoms with E-state index in [1.165, 1.54) is 5.56 Å². The summed E-state index contributed by atoms with van der Waals surface area (Å²) < 4.78 is 5.89. The van der Waals surface area contributed by atoms with Gasteiger partial charge in [-0.3, -0.25) is 9.88 Å². The number of piperidine rings is 1. The minimum Gasteiger partial charge on any atom is -0.424 e. The van der Waals surface area contributed by atoms with Crippen LogP contribution in [0.2, 0.25) is 0 Å². The van der Waals surface area contributed by atoms with Crippen molar-refractivity contribution >= 4 is 0 Å². The van der Waals surface area contributed by atoms with E-state index in [1.807, 2.05) is 18.5 Å². The van der Waals surface area contributed by atoms with Gasteiger partial charge in [-0.15, -0.1) is 10.2 Å². The van der Waals surface area contributed by atoms with Gasteiger partial charge in [-0.05, 0) is 37.6 Å². The first-order valence-corrected chi connectivity index (χ1v) is 7.97. The summed E-state index contributed by atoms with van der Waals surface area (Å²) >= 11 is 0. The SMILES string of the molecule is CC(C)(C)c1nnc(C2CCN(Cc3cccnc3)CC2)o1. The van der Waals surface area contributed by atoms with Gasteiger partial charge in [0.15, 0.2) is 0 Å². The monoisotopic (exact) mass is 300 g/mol. The Morgan fingerprint density at radius 3 is 2.59 bits per heavy atom. The van der Waals surface area contributed by atoms with Crippen molar-refractivity contribution in [1.29, 1.82) is 0 Å². The highest BCUT2D eigenvalue weighted by atomic mass is 16.4. The standard InChI is InChI=1S/C17H24N4O/c1-17(2,3)16-20-19-15(22-16)14-6-9-21(10-7-14)12-13-5-4-8-18-11-13/h4-5,8,11,14H,6-7,9-10,12H2,1-3H3. The minimum absolute atomic E-state index is 0.0771. The third-order valence-electron chi connectivity index (χ3n) is 4.15. The number of hydrogen-bond acceptors (Lipinski definition) is 5. The van der Waals surface area contributed by atoms with E-state index in [2.05, 4.69) is 46.9 Å². The van der Waals surface area contributed by atoms with Crippen LogP contribution in [0.4, 0.5) is 0 Å². The highest BCUT2D eigenvalue weighted by Crippen LogP contribution is 2.30. The molecule has 5 nitrogen and oxygen atoms in total. The molecule has 2 aromatic rings. The van der Waals surface area contributed by atoms with Gasteiger partial charge >= 0.3 is 0 Å². The van der Waals surface area contributed by atoms with Gasteiger partial charge in [0.05, 0.1) is 0 Å². The van der Waals surface area contributed by atoms with Gasteiger partial charge < -0.3 is 4.42 Å². The van der Waals surface area contributed by atoms with E-state index in [1.54, 1.807) is 0 Å². The number of nitrogens with zero attached hydrogens (tertiary/aromatic N) is 4. The largest absolute Gasteiger partial charge is 0.424 e. The average Bonchev–Trinajstić information content (AvgIpc) is 2.99. The van der Waals surface area contributed by atoms with Gasteiger partial charge in [0.25, 0.3) is 0 Å². The molecule has 2 aromatic heterocycles. The van der Waals surface area contributed by atoms with Crippen LogP contribution in [0.5, 0.6) is 0 Å². The molecular formula is C17H24N4O. The summed E-state index contributed by atoms with van der Waals surface area (Å²) in [6.45, 7) is 9.39. The fourth-order valence-electron chi connectivity index (χ4n) is 2.79. The maximum absolute atomic E-state index is 5.89. The molecule has 0 radical (unpaired) electrons. The van der Waals surface area contributed by atoms with Gasteiger partial charge in [-0.1, -0.05) is 26.8 Å². The zero-order valence-corrected chi connectivity index (χ0v) is 13.6. The van der Waals surface area contributed by atoms with Crippen LogP contribution in [-0.2, 0) is 12.0 Å². The van der Waals surface area contributed by atoms with Crippen molar-refractivity contribution in [3.8, 4) is 0 Å². The molecule has 1 saturated heterocycles. The first-order valence-electron chi connectivity index (χ1n) is 7.97. The fourth-order valence-corrected chi connectivity index (χ4v) is 2.79. The summed E-state index contributed by atoms with van der Waals surface area (Å²) in [7, 11) is 0. The van der Waals surface area contributed by atoms with Crippen molar-refractivity contribution in [2.45, 2.75) is 51.5 Å². The Bertz CT molecular complexity index is 595. The molecule has 0 saturated carbocycles. The van der Waals surface area contributed by atoms with Gasteiger partial charge in [-0.25, -0.2) is 0 Å². The zero-order chi connectivity index (χ0) is 15.6. The van der Waals surface area contributed by atoms with Gasteiger partial charge in [-0.2, -0.15) is 0 Å². The Balaban J connectivity index is 1.56. The van der Waals surface area contributed by atoms with Crippen LogP contribution < -0.4 is 0 Å². The lowest BCUT2D eigenvalue weighted by Crippen LogP contribution is -2.32. The third-order valence-corrected chi connectivity index (χ3v) is 4.15. The third kappa shape index (κ3) is 3.53. The van der Waals surface area contributed by atoms with E-state index in [0.717, 1.165) is 44.3 Å². The Hall–Kier alpha value is -1.75. The summed E-state index contributed by atoms with van der Waals surface area (Å²) in [5.74, 6) is 1.94. The number of rotatable bonds is 3. The smallest absolute Gasteiger partial charge is 0.221 e. The molecule has 0 amide bonds. The Labute approximate surface area is 131 Å². The predicted molar refractivity (Wildman–Crippen MR) is 84.5 cm³/mol. The molecule has 1 fully saturated rings. The molecule has 0 atom stereocenters. The minimum atomic E-state index is -0.0771. The number of pyridine rings is 1. The van der Waals surface area contributed by atoms with Crippen molar-refractivity contribution in [1.82, 2.24) is 20.1 Å². The van der Waals surface area contributed by atoms with Crippen molar-refractivity contribution in [3.05, 3.63) is 41.9 Å². The zero-order valence-electron chi connectivity index (χ0n) is 13.6. The van der Waals surface area contributed by atoms with Crippen LogP contribution in [0.1, 0.15) is 56.9 Å². The Morgan fingerprint density at radius 1 is 1.23 bits per heavy atom. The highest BCUT2D eigenvalue weighted by molar-refractivity contribution is 5.08. The maximum atomic E-state index is 5.89. The predicted octanol–water partition coefficient (Wildman–Crippen LogP) is 3.14. The Kier molecular flexibility index (Phi) is 4.25. The normalized spacial score (nSPS) is 17.8. The van der Waals surface area contributed by atoms with Crippen LogP contribution >= 0.6 is 0 Å². The molecule has 118 valence electrons. The van der Waals surface area contributed by atoms with E-state index in [4.69, 9.17) is 4.42 Å². The average molecular weight is 300 g/mol. The molecule has 1 aliphatic rings. The summed E-state index contributed by atoms with van der Waals surface area (Å²) in [6.07, 6.45) is 5.91. The van der Waals surface area contributed by atoms with Gasteiger partial charge in [0.1, 0.15) is 0 Å². The molecular weight excluding hydrogens is 276 g/mol. The Morgan fingerprint density at radius 2 is 2.00 bits per heavy atom. The van der Waals surface area contributed by atoms with E-state index < -0.39 is 0 Å². The van der Waals surface area contributed by atoms with Crippen molar-refractivity contribution in [2.24, 2.45) is 0 Å². The molecule has 3 rings (SSSR count). The summed E-state index contributed by atoms with van der Waals surface area (Å²) in [5, 5.41) is 8.48. The van der Waals surface area contributed by atoms with Crippen molar-refractivity contribution in [2.75, 3.05) is 13.1 Å². The second kappa shape index (κ2) is 6.16. The number of hydrogen-bond donors (Lipinski definition) is 0. The summed E-state index contributed by atoms with van der Waals surface area (Å²) in [5.41, 5.74) is 1.19. The van der Waals surface area contributed by atoms with Gasteiger partial charge in [0.2, 0.25) is 11.8 Å². The molecule has 0 N–H and O–H groups in total. The second-order valence-electron chi connectivity index (χ2n) is 7.11. The highest BCUT2D eigenvalue weighted by Gasteiger charge is 2.27. The summed E-state index contributed by atoms with van der Waals surface area (Å²) in [4.78, 5) is 6.65. The van der Waals surface area contributed by atoms with E-state index in [9.17, 15) is 0 Å². The molecule has 0 aromatic carbocycles. The lowest BCUT2D eigenvalue weighted by atomic mass is 9.96. The van der Waals surface area contributed by atoms with Gasteiger partial charge in [0, 0.05) is 30.3 Å². The van der Waals surface area contributed by atoms with Crippen LogP contribution in [0.15, 0.2) is 28.9 Å². The van der Waals surface area contributed by atoms with E-state index >= 15 is 0 Å². The molecule has 0 unspecified atom stereocenters. The molecule has 0 bridgehead atoms. The molecule has 0 spiro atoms. The molecule has 1 aliphatic heterocycles. The molecule has 22 heavy (non-hydrogen) atoms. The fraction of sp³-hybridized carbons (Fsp3) is 0.588. The quantitative estimate of drug-likeness (QED) is 0.871. The van der Waals surface area contributed by atoms with E-state index in [0.29, 0.717) is 5.92 Å². The lowest BCUT2D eigenvalue weighted by molar-refractivity contribution is 0.190. The molecule has 0 aliphatic carbocycles. The van der Waals surface area contributed by atoms with Crippen molar-refractivity contribution in [3.63, 3.8) is 0 Å².